The second kappa shape index (κ2) is 6.37. The highest BCUT2D eigenvalue weighted by atomic mass is 16.3. The van der Waals surface area contributed by atoms with Crippen LogP contribution in [0.5, 0.6) is 0 Å². The van der Waals surface area contributed by atoms with Crippen molar-refractivity contribution in [2.75, 3.05) is 45.2 Å². The maximum atomic E-state index is 10.0. The van der Waals surface area contributed by atoms with Gasteiger partial charge in [-0.15, -0.1) is 0 Å². The SMILES string of the molecule is Cc1nc(N2CCCC(CO)(CN(C)C)C2)c2cccnc2n1. The van der Waals surface area contributed by atoms with Gasteiger partial charge in [-0.3, -0.25) is 0 Å². The van der Waals surface area contributed by atoms with Crippen molar-refractivity contribution in [1.82, 2.24) is 19.9 Å². The standard InChI is InChI=1S/C17H25N5O/c1-13-19-15-14(6-4-8-18-15)16(20-13)22-9-5-7-17(11-22,12-23)10-21(2)3/h4,6,8,23H,5,7,9-12H2,1-3H3. The number of aromatic nitrogens is 3. The number of aliphatic hydroxyl groups excluding tert-OH is 1. The number of aliphatic hydroxyl groups is 1. The van der Waals surface area contributed by atoms with E-state index >= 15 is 0 Å². The average Bonchev–Trinajstić information content (AvgIpc) is 2.53. The van der Waals surface area contributed by atoms with E-state index < -0.39 is 0 Å². The van der Waals surface area contributed by atoms with E-state index in [0.717, 1.165) is 55.2 Å². The first-order valence-electron chi connectivity index (χ1n) is 8.13. The lowest BCUT2D eigenvalue weighted by atomic mass is 9.80. The topological polar surface area (TPSA) is 65.4 Å². The van der Waals surface area contributed by atoms with Gasteiger partial charge in [0.25, 0.3) is 0 Å². The van der Waals surface area contributed by atoms with Gasteiger partial charge >= 0.3 is 0 Å². The fraction of sp³-hybridized carbons (Fsp3) is 0.588. The van der Waals surface area contributed by atoms with E-state index in [4.69, 9.17) is 0 Å². The number of pyridine rings is 1. The van der Waals surface area contributed by atoms with Crippen molar-refractivity contribution >= 4 is 16.9 Å². The Hall–Kier alpha value is -1.79. The smallest absolute Gasteiger partial charge is 0.164 e. The van der Waals surface area contributed by atoms with Gasteiger partial charge in [-0.1, -0.05) is 0 Å². The van der Waals surface area contributed by atoms with Crippen molar-refractivity contribution in [1.29, 1.82) is 0 Å². The molecule has 2 aromatic heterocycles. The Bertz CT molecular complexity index is 690. The Balaban J connectivity index is 1.98. The van der Waals surface area contributed by atoms with Crippen LogP contribution in [0.2, 0.25) is 0 Å². The molecule has 1 aliphatic rings. The Morgan fingerprint density at radius 2 is 2.17 bits per heavy atom. The molecule has 0 spiro atoms. The third-order valence-electron chi connectivity index (χ3n) is 4.51. The first-order valence-corrected chi connectivity index (χ1v) is 8.13. The molecule has 1 saturated heterocycles. The molecule has 0 aromatic carbocycles. The van der Waals surface area contributed by atoms with Crippen molar-refractivity contribution in [2.24, 2.45) is 5.41 Å². The molecular weight excluding hydrogens is 290 g/mol. The van der Waals surface area contributed by atoms with E-state index in [1.54, 1.807) is 6.20 Å². The van der Waals surface area contributed by atoms with Gasteiger partial charge in [0.05, 0.1) is 12.0 Å². The Kier molecular flexibility index (Phi) is 4.46. The van der Waals surface area contributed by atoms with Crippen LogP contribution in [0.3, 0.4) is 0 Å². The molecule has 2 aromatic rings. The number of rotatable bonds is 4. The van der Waals surface area contributed by atoms with Crippen molar-refractivity contribution in [3.8, 4) is 0 Å². The summed E-state index contributed by atoms with van der Waals surface area (Å²) in [6.45, 7) is 4.74. The van der Waals surface area contributed by atoms with Crippen LogP contribution in [-0.4, -0.2) is 65.3 Å². The van der Waals surface area contributed by atoms with Crippen LogP contribution in [0.25, 0.3) is 11.0 Å². The van der Waals surface area contributed by atoms with E-state index in [2.05, 4.69) is 38.8 Å². The summed E-state index contributed by atoms with van der Waals surface area (Å²) < 4.78 is 0. The molecule has 1 N–H and O–H groups in total. The summed E-state index contributed by atoms with van der Waals surface area (Å²) in [6.07, 6.45) is 3.86. The molecule has 124 valence electrons. The molecule has 3 heterocycles. The Labute approximate surface area is 137 Å². The summed E-state index contributed by atoms with van der Waals surface area (Å²) in [6, 6.07) is 3.95. The number of anilines is 1. The largest absolute Gasteiger partial charge is 0.396 e. The highest BCUT2D eigenvalue weighted by Gasteiger charge is 2.36. The number of hydrogen-bond acceptors (Lipinski definition) is 6. The lowest BCUT2D eigenvalue weighted by molar-refractivity contribution is 0.0761. The minimum atomic E-state index is -0.102. The second-order valence-electron chi connectivity index (χ2n) is 6.89. The molecule has 6 nitrogen and oxygen atoms in total. The first kappa shape index (κ1) is 16.1. The summed E-state index contributed by atoms with van der Waals surface area (Å²) in [4.78, 5) is 17.9. The van der Waals surface area contributed by atoms with E-state index in [-0.39, 0.29) is 12.0 Å². The third-order valence-corrected chi connectivity index (χ3v) is 4.51. The van der Waals surface area contributed by atoms with E-state index in [1.165, 1.54) is 0 Å². The highest BCUT2D eigenvalue weighted by molar-refractivity contribution is 5.86. The monoisotopic (exact) mass is 315 g/mol. The molecule has 1 fully saturated rings. The summed E-state index contributed by atoms with van der Waals surface area (Å²) >= 11 is 0. The maximum Gasteiger partial charge on any atom is 0.164 e. The van der Waals surface area contributed by atoms with Crippen molar-refractivity contribution in [3.63, 3.8) is 0 Å². The Morgan fingerprint density at radius 3 is 2.91 bits per heavy atom. The lowest BCUT2D eigenvalue weighted by Gasteiger charge is -2.43. The zero-order valence-corrected chi connectivity index (χ0v) is 14.2. The van der Waals surface area contributed by atoms with Gasteiger partial charge in [0, 0.05) is 31.2 Å². The van der Waals surface area contributed by atoms with Crippen molar-refractivity contribution in [2.45, 2.75) is 19.8 Å². The molecule has 0 saturated carbocycles. The highest BCUT2D eigenvalue weighted by Crippen LogP contribution is 2.34. The molecule has 6 heteroatoms. The van der Waals surface area contributed by atoms with Gasteiger partial charge in [0.2, 0.25) is 0 Å². The summed E-state index contributed by atoms with van der Waals surface area (Å²) in [5, 5.41) is 11.0. The zero-order valence-electron chi connectivity index (χ0n) is 14.2. The van der Waals surface area contributed by atoms with Gasteiger partial charge in [0.1, 0.15) is 11.6 Å². The average molecular weight is 315 g/mol. The van der Waals surface area contributed by atoms with Gasteiger partial charge in [-0.2, -0.15) is 0 Å². The summed E-state index contributed by atoms with van der Waals surface area (Å²) in [5.74, 6) is 1.68. The lowest BCUT2D eigenvalue weighted by Crippen LogP contribution is -2.50. The molecule has 1 atom stereocenters. The van der Waals surface area contributed by atoms with Gasteiger partial charge < -0.3 is 14.9 Å². The van der Waals surface area contributed by atoms with Crippen molar-refractivity contribution in [3.05, 3.63) is 24.2 Å². The van der Waals surface area contributed by atoms with Crippen LogP contribution in [-0.2, 0) is 0 Å². The summed E-state index contributed by atoms with van der Waals surface area (Å²) in [5.41, 5.74) is 0.637. The number of nitrogens with zero attached hydrogens (tertiary/aromatic N) is 5. The molecule has 1 aliphatic heterocycles. The van der Waals surface area contributed by atoms with E-state index in [0.29, 0.717) is 0 Å². The van der Waals surface area contributed by atoms with E-state index in [9.17, 15) is 5.11 Å². The van der Waals surface area contributed by atoms with Crippen LogP contribution in [0.1, 0.15) is 18.7 Å². The third kappa shape index (κ3) is 3.28. The maximum absolute atomic E-state index is 10.0. The fourth-order valence-electron chi connectivity index (χ4n) is 3.66. The minimum absolute atomic E-state index is 0.102. The fourth-order valence-corrected chi connectivity index (χ4v) is 3.66. The first-order chi connectivity index (χ1) is 11.0. The second-order valence-corrected chi connectivity index (χ2v) is 6.89. The molecule has 0 aliphatic carbocycles. The quantitative estimate of drug-likeness (QED) is 0.922. The van der Waals surface area contributed by atoms with Crippen LogP contribution >= 0.6 is 0 Å². The molecule has 0 amide bonds. The van der Waals surface area contributed by atoms with Crippen LogP contribution < -0.4 is 4.90 Å². The van der Waals surface area contributed by atoms with Crippen molar-refractivity contribution < 1.29 is 5.11 Å². The van der Waals surface area contributed by atoms with E-state index in [1.807, 2.05) is 19.1 Å². The molecular formula is C17H25N5O. The van der Waals surface area contributed by atoms with Gasteiger partial charge in [-0.05, 0) is 46.0 Å². The normalized spacial score (nSPS) is 22.0. The number of aryl methyl sites for hydroxylation is 1. The number of fused-ring (bicyclic) bond motifs is 1. The molecule has 1 unspecified atom stereocenters. The molecule has 3 rings (SSSR count). The predicted molar refractivity (Wildman–Crippen MR) is 91.6 cm³/mol. The minimum Gasteiger partial charge on any atom is -0.396 e. The number of piperidine rings is 1. The molecule has 0 bridgehead atoms. The van der Waals surface area contributed by atoms with Crippen LogP contribution in [0.4, 0.5) is 5.82 Å². The van der Waals surface area contributed by atoms with Crippen LogP contribution in [0.15, 0.2) is 18.3 Å². The Morgan fingerprint density at radius 1 is 1.35 bits per heavy atom. The van der Waals surface area contributed by atoms with Gasteiger partial charge in [-0.25, -0.2) is 15.0 Å². The summed E-state index contributed by atoms with van der Waals surface area (Å²) in [7, 11) is 4.12. The van der Waals surface area contributed by atoms with Crippen LogP contribution in [0, 0.1) is 12.3 Å². The molecule has 23 heavy (non-hydrogen) atoms. The number of hydrogen-bond donors (Lipinski definition) is 1. The molecule has 0 radical (unpaired) electrons. The van der Waals surface area contributed by atoms with Gasteiger partial charge in [0.15, 0.2) is 5.65 Å². The zero-order chi connectivity index (χ0) is 16.4. The predicted octanol–water partition coefficient (Wildman–Crippen LogP) is 1.47.